The van der Waals surface area contributed by atoms with Gasteiger partial charge in [0.2, 0.25) is 6.29 Å². The van der Waals surface area contributed by atoms with Gasteiger partial charge in [0.05, 0.1) is 11.6 Å². The van der Waals surface area contributed by atoms with Gasteiger partial charge in [-0.05, 0) is 35.9 Å². The molecule has 5 rings (SSSR count). The fourth-order valence-electron chi connectivity index (χ4n) is 4.71. The summed E-state index contributed by atoms with van der Waals surface area (Å²) in [4.78, 5) is 12.3. The number of carbonyl (C=O) groups excluding carboxylic acids is 1. The molecule has 3 aromatic carbocycles. The van der Waals surface area contributed by atoms with E-state index < -0.39 is 78.1 Å². The summed E-state index contributed by atoms with van der Waals surface area (Å²) in [6, 6.07) is 8.25. The maximum Gasteiger partial charge on any atom is 0.330 e. The molecule has 2 aliphatic rings. The van der Waals surface area contributed by atoms with Gasteiger partial charge in [0.15, 0.2) is 34.5 Å². The van der Waals surface area contributed by atoms with Crippen molar-refractivity contribution in [3.8, 4) is 46.0 Å². The van der Waals surface area contributed by atoms with E-state index in [4.69, 9.17) is 14.2 Å². The molecule has 3 aromatic rings. The van der Waals surface area contributed by atoms with E-state index in [1.54, 1.807) is 0 Å². The summed E-state index contributed by atoms with van der Waals surface area (Å²) in [5, 5.41) is 101. The highest BCUT2D eigenvalue weighted by Gasteiger charge is 2.47. The molecular weight excluding hydrogens is 600 g/mol. The number of benzene rings is 3. The van der Waals surface area contributed by atoms with E-state index in [0.717, 1.165) is 24.3 Å². The Kier molecular flexibility index (Phi) is 8.52. The predicted molar refractivity (Wildman–Crippen MR) is 151 cm³/mol. The van der Waals surface area contributed by atoms with E-state index in [-0.39, 0.29) is 34.1 Å². The van der Waals surface area contributed by atoms with Crippen molar-refractivity contribution in [2.75, 3.05) is 6.61 Å². The van der Waals surface area contributed by atoms with Crippen LogP contribution in [0.15, 0.2) is 54.3 Å². The molecule has 1 unspecified atom stereocenters. The summed E-state index contributed by atoms with van der Waals surface area (Å²) >= 11 is 0. The molecule has 11 N–H and O–H groups in total. The third kappa shape index (κ3) is 6.46. The fourth-order valence-corrected chi connectivity index (χ4v) is 4.71. The Morgan fingerprint density at radius 3 is 2.22 bits per heavy atom. The zero-order chi connectivity index (χ0) is 32.6. The molecule has 6 atom stereocenters. The minimum absolute atomic E-state index is 0.0626. The second kappa shape index (κ2) is 12.3. The number of phenolic OH excluding ortho intramolecular Hbond substituents is 7. The number of aliphatic hydroxyl groups is 4. The van der Waals surface area contributed by atoms with Gasteiger partial charge in [-0.15, -0.1) is 0 Å². The van der Waals surface area contributed by atoms with Gasteiger partial charge in [0, 0.05) is 18.2 Å². The van der Waals surface area contributed by atoms with Crippen LogP contribution in [0.5, 0.6) is 46.0 Å². The first-order chi connectivity index (χ1) is 21.3. The lowest BCUT2D eigenvalue weighted by Gasteiger charge is -2.40. The number of phenols is 7. The van der Waals surface area contributed by atoms with Crippen LogP contribution >= 0.6 is 0 Å². The predicted octanol–water partition coefficient (Wildman–Crippen LogP) is 1.04. The summed E-state index contributed by atoms with van der Waals surface area (Å²) in [7, 11) is 0. The first-order valence-electron chi connectivity index (χ1n) is 13.3. The molecule has 238 valence electrons. The lowest BCUT2D eigenvalue weighted by atomic mass is 9.98. The van der Waals surface area contributed by atoms with Crippen LogP contribution in [0.3, 0.4) is 0 Å². The van der Waals surface area contributed by atoms with Gasteiger partial charge in [0.25, 0.3) is 11.9 Å². The maximum atomic E-state index is 12.3. The lowest BCUT2D eigenvalue weighted by molar-refractivity contribution is -0.296. The molecule has 1 fully saturated rings. The highest BCUT2D eigenvalue weighted by Crippen LogP contribution is 2.47. The molecule has 2 aliphatic heterocycles. The second-order valence-electron chi connectivity index (χ2n) is 10.2. The van der Waals surface area contributed by atoms with Crippen molar-refractivity contribution in [3.05, 3.63) is 71.0 Å². The minimum atomic E-state index is -1.85. The smallest absolute Gasteiger partial charge is 0.330 e. The Morgan fingerprint density at radius 1 is 0.822 bits per heavy atom. The van der Waals surface area contributed by atoms with E-state index in [0.29, 0.717) is 5.56 Å². The van der Waals surface area contributed by atoms with E-state index >= 15 is 0 Å². The van der Waals surface area contributed by atoms with E-state index in [9.17, 15) is 55.9 Å². The van der Waals surface area contributed by atoms with Crippen LogP contribution in [0.2, 0.25) is 0 Å². The topological polar surface area (TPSA) is 260 Å². The molecule has 0 aliphatic carbocycles. The molecule has 15 nitrogen and oxygen atoms in total. The van der Waals surface area contributed by atoms with Crippen molar-refractivity contribution in [2.24, 2.45) is 0 Å². The summed E-state index contributed by atoms with van der Waals surface area (Å²) in [6.07, 6.45) is -6.22. The van der Waals surface area contributed by atoms with Crippen molar-refractivity contribution in [1.82, 2.24) is 0 Å². The molecule has 15 heteroatoms. The number of carbonyl (C=O) groups is 1. The van der Waals surface area contributed by atoms with Gasteiger partial charge in [-0.25, -0.2) is 4.79 Å². The van der Waals surface area contributed by atoms with Gasteiger partial charge in [0.1, 0.15) is 48.1 Å². The molecule has 0 aromatic heterocycles. The first kappa shape index (κ1) is 31.1. The van der Waals surface area contributed by atoms with Crippen LogP contribution in [0.4, 0.5) is 0 Å². The van der Waals surface area contributed by atoms with Crippen LogP contribution in [0, 0.1) is 0 Å². The number of hydrogen-bond donors (Lipinski definition) is 10. The molecule has 0 spiro atoms. The van der Waals surface area contributed by atoms with Crippen LogP contribution < -0.4 is 0 Å². The van der Waals surface area contributed by atoms with Crippen molar-refractivity contribution in [2.45, 2.75) is 36.8 Å². The molecule has 0 radical (unpaired) electrons. The Balaban J connectivity index is 1.37. The van der Waals surface area contributed by atoms with Gasteiger partial charge in [-0.1, -0.05) is 6.07 Å². The summed E-state index contributed by atoms with van der Waals surface area (Å²) in [5.41, 5.74) is 0.506. The molecule has 2 heterocycles. The molecule has 0 bridgehead atoms. The number of ether oxygens (including phenoxy) is 4. The third-order valence-corrected chi connectivity index (χ3v) is 7.08. The maximum absolute atomic E-state index is 12.3. The molecule has 45 heavy (non-hydrogen) atoms. The van der Waals surface area contributed by atoms with Crippen LogP contribution in [0.1, 0.15) is 22.8 Å². The SMILES string of the molecule is O=C(/C=C/c1ccc(O)c(O)c1)OC[C@@H]1O[C@@H](OC2=Cc3c(O)cc(O)cc3[OH+]C2c2cc(O)c(O)c(O)c2)[C@@H](O)[C@H](O)[C@@H]1O. The third-order valence-electron chi connectivity index (χ3n) is 7.08. The number of hydrogen-bond acceptors (Lipinski definition) is 14. The quantitative estimate of drug-likeness (QED) is 0.0758. The first-order valence-corrected chi connectivity index (χ1v) is 13.3. The van der Waals surface area contributed by atoms with Crippen molar-refractivity contribution >= 4 is 18.1 Å². The minimum Gasteiger partial charge on any atom is -0.571 e. The number of rotatable bonds is 7. The van der Waals surface area contributed by atoms with Crippen molar-refractivity contribution in [1.29, 1.82) is 0 Å². The van der Waals surface area contributed by atoms with Crippen molar-refractivity contribution in [3.63, 3.8) is 0 Å². The highest BCUT2D eigenvalue weighted by atomic mass is 16.7. The summed E-state index contributed by atoms with van der Waals surface area (Å²) < 4.78 is 21.0. The molecular formula is C30H29O15+. The fraction of sp³-hybridized carbons (Fsp3) is 0.233. The molecule has 0 amide bonds. The lowest BCUT2D eigenvalue weighted by Crippen LogP contribution is -2.59. The number of esters is 1. The average molecular weight is 630 g/mol. The van der Waals surface area contributed by atoms with Crippen LogP contribution in [0.25, 0.3) is 12.2 Å². The number of aromatic hydroxyl groups is 8. The zero-order valence-corrected chi connectivity index (χ0v) is 23.0. The standard InChI is InChI=1S/C30H28O15/c31-14-8-17(33)15-10-22(29(43-21(15)9-14)13-6-19(35)25(38)20(36)7-13)44-30-28(41)27(40)26(39)23(45-30)11-42-24(37)4-2-12-1-3-16(32)18(34)5-12/h1-10,23,26-36,38-41H,11H2/p+1/b4-2+/t23-,26+,27+,28-,29?,30+/m0/s1. The Bertz CT molecular complexity index is 1640. The summed E-state index contributed by atoms with van der Waals surface area (Å²) in [5.74, 6) is -4.63. The monoisotopic (exact) mass is 629 g/mol. The zero-order valence-electron chi connectivity index (χ0n) is 23.0. The van der Waals surface area contributed by atoms with E-state index in [1.807, 2.05) is 0 Å². The van der Waals surface area contributed by atoms with Gasteiger partial charge >= 0.3 is 5.97 Å². The summed E-state index contributed by atoms with van der Waals surface area (Å²) in [6.45, 7) is -0.607. The Hall–Kier alpha value is -5.35. The van der Waals surface area contributed by atoms with Crippen LogP contribution in [-0.2, 0) is 19.0 Å². The van der Waals surface area contributed by atoms with Gasteiger partial charge in [-0.2, -0.15) is 0 Å². The molecule has 0 saturated carbocycles. The van der Waals surface area contributed by atoms with Gasteiger partial charge in [-0.3, -0.25) is 0 Å². The highest BCUT2D eigenvalue weighted by molar-refractivity contribution is 5.87. The second-order valence-corrected chi connectivity index (χ2v) is 10.2. The van der Waals surface area contributed by atoms with Crippen LogP contribution in [-0.4, -0.2) is 99.1 Å². The Labute approximate surface area is 253 Å². The number of aliphatic hydroxyl groups excluding tert-OH is 3. The van der Waals surface area contributed by atoms with E-state index in [2.05, 4.69) is 4.74 Å². The van der Waals surface area contributed by atoms with Gasteiger partial charge < -0.3 is 70.0 Å². The number of fused-ring (bicyclic) bond motifs is 1. The van der Waals surface area contributed by atoms with Crippen molar-refractivity contribution < 1.29 is 74.8 Å². The normalized spacial score (nSPS) is 24.4. The Morgan fingerprint density at radius 2 is 1.53 bits per heavy atom. The average Bonchev–Trinajstić information content (AvgIpc) is 2.99. The van der Waals surface area contributed by atoms with E-state index in [1.165, 1.54) is 36.4 Å². The molecule has 1 saturated heterocycles. The largest absolute Gasteiger partial charge is 0.571 e.